The first-order chi connectivity index (χ1) is 25.1. The Kier molecular flexibility index (Phi) is 9.56. The van der Waals surface area contributed by atoms with Crippen molar-refractivity contribution in [3.05, 3.63) is 109 Å². The van der Waals surface area contributed by atoms with Crippen molar-refractivity contribution in [2.24, 2.45) is 20.5 Å². The Balaban J connectivity index is 1.26. The normalized spacial score (nSPS) is 12.1. The van der Waals surface area contributed by atoms with E-state index in [4.69, 9.17) is 5.11 Å². The van der Waals surface area contributed by atoms with E-state index in [-0.39, 0.29) is 44.2 Å². The molecule has 0 saturated heterocycles. The van der Waals surface area contributed by atoms with E-state index in [9.17, 15) is 45.7 Å². The van der Waals surface area contributed by atoms with Crippen molar-refractivity contribution in [1.82, 2.24) is 0 Å². The number of carbonyl (C=O) groups is 2. The van der Waals surface area contributed by atoms with E-state index < -0.39 is 64.9 Å². The van der Waals surface area contributed by atoms with Crippen LogP contribution in [0, 0.1) is 0 Å². The molecule has 6 aromatic carbocycles. The Morgan fingerprint density at radius 3 is 1.40 bits per heavy atom. The molecular weight excluding hydrogens is 733 g/mol. The van der Waals surface area contributed by atoms with Gasteiger partial charge in [-0.05, 0) is 95.7 Å². The number of hydrogen-bond acceptors (Lipinski definition) is 12. The van der Waals surface area contributed by atoms with E-state index in [2.05, 4.69) is 31.1 Å². The number of nitrogens with one attached hydrogen (secondary N) is 2. The number of carboxylic acids is 1. The Labute approximate surface area is 299 Å². The number of urea groups is 1. The van der Waals surface area contributed by atoms with Crippen LogP contribution in [0.3, 0.4) is 0 Å². The lowest BCUT2D eigenvalue weighted by Gasteiger charge is -2.13. The van der Waals surface area contributed by atoms with Crippen molar-refractivity contribution in [2.45, 2.75) is 9.79 Å². The third-order valence-corrected chi connectivity index (χ3v) is 9.31. The molecule has 0 aliphatic heterocycles. The average molecular weight is 757 g/mol. The van der Waals surface area contributed by atoms with Gasteiger partial charge in [-0.2, -0.15) is 27.1 Å². The molecule has 0 atom stereocenters. The SMILES string of the molecule is O=C(Nc1ccc2c(O)c(N=Nc3ccccc3)c(S(=O)(=O)O)cc2c1)Nc1ccc2c(O)c(N=Nc3ccc(C(=O)O)cc3)c(S(=O)(=O)O)cc2c1. The lowest BCUT2D eigenvalue weighted by atomic mass is 10.1. The summed E-state index contributed by atoms with van der Waals surface area (Å²) in [6.07, 6.45) is 0. The van der Waals surface area contributed by atoms with Crippen molar-refractivity contribution in [1.29, 1.82) is 0 Å². The van der Waals surface area contributed by atoms with E-state index in [1.807, 2.05) is 0 Å². The van der Waals surface area contributed by atoms with Crippen LogP contribution in [0.2, 0.25) is 0 Å². The van der Waals surface area contributed by atoms with Crippen LogP contribution < -0.4 is 10.6 Å². The van der Waals surface area contributed by atoms with Gasteiger partial charge in [0.25, 0.3) is 20.2 Å². The van der Waals surface area contributed by atoms with Gasteiger partial charge in [-0.1, -0.05) is 18.2 Å². The van der Waals surface area contributed by atoms with Crippen LogP contribution in [0.4, 0.5) is 38.9 Å². The van der Waals surface area contributed by atoms with Gasteiger partial charge >= 0.3 is 12.0 Å². The molecule has 6 rings (SSSR count). The average Bonchev–Trinajstić information content (AvgIpc) is 3.10. The largest absolute Gasteiger partial charge is 0.505 e. The quantitative estimate of drug-likeness (QED) is 0.0547. The van der Waals surface area contributed by atoms with Crippen LogP contribution in [0.1, 0.15) is 10.4 Å². The van der Waals surface area contributed by atoms with Gasteiger partial charge in [0.1, 0.15) is 21.2 Å². The highest BCUT2D eigenvalue weighted by Crippen LogP contribution is 2.43. The highest BCUT2D eigenvalue weighted by Gasteiger charge is 2.24. The molecular formula is C34H24N6O11S2. The molecule has 7 N–H and O–H groups in total. The summed E-state index contributed by atoms with van der Waals surface area (Å²) >= 11 is 0. The summed E-state index contributed by atoms with van der Waals surface area (Å²) < 4.78 is 68.8. The predicted molar refractivity (Wildman–Crippen MR) is 192 cm³/mol. The minimum absolute atomic E-state index is 0.0292. The molecule has 0 aromatic heterocycles. The second kappa shape index (κ2) is 14.1. The van der Waals surface area contributed by atoms with Crippen molar-refractivity contribution in [3.63, 3.8) is 0 Å². The summed E-state index contributed by atoms with van der Waals surface area (Å²) in [5.74, 6) is -2.43. The lowest BCUT2D eigenvalue weighted by Crippen LogP contribution is -2.19. The number of carboxylic acid groups (broad SMARTS) is 1. The first-order valence-electron chi connectivity index (χ1n) is 14.9. The molecule has 0 fully saturated rings. The number of fused-ring (bicyclic) bond motifs is 2. The van der Waals surface area contributed by atoms with Crippen molar-refractivity contribution in [3.8, 4) is 11.5 Å². The molecule has 19 heteroatoms. The van der Waals surface area contributed by atoms with Gasteiger partial charge in [0.2, 0.25) is 0 Å². The second-order valence-corrected chi connectivity index (χ2v) is 13.9. The monoisotopic (exact) mass is 756 g/mol. The number of azo groups is 2. The maximum Gasteiger partial charge on any atom is 0.335 e. The maximum absolute atomic E-state index is 13.0. The van der Waals surface area contributed by atoms with Gasteiger partial charge in [0.15, 0.2) is 11.5 Å². The molecule has 2 amide bonds. The zero-order valence-corrected chi connectivity index (χ0v) is 28.2. The summed E-state index contributed by atoms with van der Waals surface area (Å²) in [6.45, 7) is 0. The molecule has 0 unspecified atom stereocenters. The Morgan fingerprint density at radius 2 is 0.981 bits per heavy atom. The molecule has 0 saturated carbocycles. The van der Waals surface area contributed by atoms with Gasteiger partial charge in [-0.3, -0.25) is 9.11 Å². The lowest BCUT2D eigenvalue weighted by molar-refractivity contribution is 0.0696. The third kappa shape index (κ3) is 7.92. The predicted octanol–water partition coefficient (Wildman–Crippen LogP) is 8.07. The molecule has 268 valence electrons. The fourth-order valence-electron chi connectivity index (χ4n) is 5.12. The minimum atomic E-state index is -4.97. The summed E-state index contributed by atoms with van der Waals surface area (Å²) in [7, 11) is -9.87. The maximum atomic E-state index is 13.0. The molecule has 0 bridgehead atoms. The standard InChI is InChI=1S/C34H24N6O11S2/c41-31-25-12-10-23(14-19(25)16-27(52(46,47)48)29(31)39-37-21-4-2-1-3-5-21)35-34(45)36-24-11-13-26-20(15-24)17-28(53(49,50)51)30(32(26)42)40-38-22-8-6-18(7-9-22)33(43)44/h1-17,41-42H,(H,43,44)(H2,35,36,45)(H,46,47,48)(H,49,50,51). The van der Waals surface area contributed by atoms with Gasteiger partial charge in [0, 0.05) is 22.1 Å². The van der Waals surface area contributed by atoms with Crippen molar-refractivity contribution >= 4 is 87.9 Å². The molecule has 6 aromatic rings. The molecule has 0 aliphatic carbocycles. The molecule has 0 aliphatic rings. The fourth-order valence-corrected chi connectivity index (χ4v) is 6.44. The molecule has 17 nitrogen and oxygen atoms in total. The summed E-state index contributed by atoms with van der Waals surface area (Å²) in [6, 6.07) is 22.7. The summed E-state index contributed by atoms with van der Waals surface area (Å²) in [4.78, 5) is 22.5. The number of amides is 2. The van der Waals surface area contributed by atoms with Crippen LogP contribution in [0.25, 0.3) is 21.5 Å². The zero-order chi connectivity index (χ0) is 38.1. The third-order valence-electron chi connectivity index (χ3n) is 7.57. The Morgan fingerprint density at radius 1 is 0.547 bits per heavy atom. The highest BCUT2D eigenvalue weighted by molar-refractivity contribution is 7.86. The first kappa shape index (κ1) is 36.0. The van der Waals surface area contributed by atoms with Gasteiger partial charge in [-0.15, -0.1) is 10.2 Å². The van der Waals surface area contributed by atoms with Crippen molar-refractivity contribution < 1.29 is 50.8 Å². The number of carbonyl (C=O) groups excluding carboxylic acids is 1. The van der Waals surface area contributed by atoms with E-state index in [0.29, 0.717) is 5.69 Å². The number of phenolic OH excluding ortho intramolecular Hbond substituents is 2. The van der Waals surface area contributed by atoms with Crippen LogP contribution in [-0.4, -0.2) is 53.3 Å². The molecule has 0 heterocycles. The number of nitrogens with zero attached hydrogens (tertiary/aromatic N) is 4. The number of aromatic carboxylic acids is 1. The smallest absolute Gasteiger partial charge is 0.335 e. The number of rotatable bonds is 9. The summed E-state index contributed by atoms with van der Waals surface area (Å²) in [5.41, 5.74) is -0.387. The number of hydrogen-bond donors (Lipinski definition) is 7. The van der Waals surface area contributed by atoms with Crippen LogP contribution >= 0.6 is 0 Å². The van der Waals surface area contributed by atoms with E-state index in [1.165, 1.54) is 60.7 Å². The molecule has 0 spiro atoms. The number of aromatic hydroxyl groups is 2. The van der Waals surface area contributed by atoms with Crippen LogP contribution in [0.5, 0.6) is 11.5 Å². The van der Waals surface area contributed by atoms with E-state index in [0.717, 1.165) is 12.1 Å². The highest BCUT2D eigenvalue weighted by atomic mass is 32.2. The van der Waals surface area contributed by atoms with Gasteiger partial charge in [-0.25, -0.2) is 9.59 Å². The van der Waals surface area contributed by atoms with E-state index >= 15 is 0 Å². The number of phenols is 2. The number of anilines is 2. The second-order valence-electron chi connectivity index (χ2n) is 11.1. The fraction of sp³-hybridized carbons (Fsp3) is 0. The minimum Gasteiger partial charge on any atom is -0.505 e. The summed E-state index contributed by atoms with van der Waals surface area (Å²) in [5, 5.41) is 51.8. The van der Waals surface area contributed by atoms with Crippen LogP contribution in [0.15, 0.2) is 133 Å². The van der Waals surface area contributed by atoms with Crippen molar-refractivity contribution in [2.75, 3.05) is 10.6 Å². The zero-order valence-electron chi connectivity index (χ0n) is 26.6. The number of benzene rings is 6. The first-order valence-corrected chi connectivity index (χ1v) is 17.8. The van der Waals surface area contributed by atoms with E-state index in [1.54, 1.807) is 30.3 Å². The molecule has 0 radical (unpaired) electrons. The van der Waals surface area contributed by atoms with Gasteiger partial charge < -0.3 is 26.0 Å². The Hall–Kier alpha value is -6.80. The van der Waals surface area contributed by atoms with Gasteiger partial charge in [0.05, 0.1) is 16.9 Å². The molecule has 53 heavy (non-hydrogen) atoms. The van der Waals surface area contributed by atoms with Crippen LogP contribution in [-0.2, 0) is 20.2 Å². The Bertz CT molecular complexity index is 2740. The topological polar surface area (TPSA) is 277 Å².